The molecule has 1 amide bonds. The largest absolute Gasteiger partial charge is 0.340 e. The zero-order chi connectivity index (χ0) is 13.1. The van der Waals surface area contributed by atoms with Crippen molar-refractivity contribution in [2.75, 3.05) is 26.2 Å². The van der Waals surface area contributed by atoms with Crippen molar-refractivity contribution in [3.63, 3.8) is 0 Å². The van der Waals surface area contributed by atoms with E-state index < -0.39 is 5.54 Å². The highest BCUT2D eigenvalue weighted by Gasteiger charge is 2.31. The Balaban J connectivity index is 2.52. The Morgan fingerprint density at radius 1 is 1.35 bits per heavy atom. The Morgan fingerprint density at radius 2 is 1.88 bits per heavy atom. The predicted molar refractivity (Wildman–Crippen MR) is 67.3 cm³/mol. The van der Waals surface area contributed by atoms with E-state index in [2.05, 4.69) is 11.0 Å². The molecular weight excluding hydrogens is 214 g/mol. The van der Waals surface area contributed by atoms with Crippen molar-refractivity contribution >= 4 is 5.91 Å². The second-order valence-electron chi connectivity index (χ2n) is 5.29. The van der Waals surface area contributed by atoms with E-state index in [1.54, 1.807) is 0 Å². The summed E-state index contributed by atoms with van der Waals surface area (Å²) in [6.07, 6.45) is 0.892. The summed E-state index contributed by atoms with van der Waals surface area (Å²) in [5.41, 5.74) is -0.425. The lowest BCUT2D eigenvalue weighted by molar-refractivity contribution is -0.137. The van der Waals surface area contributed by atoms with Crippen LogP contribution in [0.5, 0.6) is 0 Å². The van der Waals surface area contributed by atoms with Crippen LogP contribution in [0.3, 0.4) is 0 Å². The van der Waals surface area contributed by atoms with E-state index in [4.69, 9.17) is 5.26 Å². The standard InChI is InChI=1S/C13H23N3O/c1-5-11(2)12(17)15-6-8-16(9-7-15)13(3,4)10-14/h11H,5-9H2,1-4H3. The van der Waals surface area contributed by atoms with Gasteiger partial charge in [0.25, 0.3) is 0 Å². The summed E-state index contributed by atoms with van der Waals surface area (Å²) in [6, 6.07) is 2.31. The lowest BCUT2D eigenvalue weighted by Gasteiger charge is -2.41. The third-order valence-electron chi connectivity index (χ3n) is 3.69. The number of rotatable bonds is 3. The summed E-state index contributed by atoms with van der Waals surface area (Å²) in [4.78, 5) is 16.1. The van der Waals surface area contributed by atoms with Crippen molar-refractivity contribution in [2.24, 2.45) is 5.92 Å². The van der Waals surface area contributed by atoms with Crippen molar-refractivity contribution in [3.8, 4) is 6.07 Å². The summed E-state index contributed by atoms with van der Waals surface area (Å²) < 4.78 is 0. The summed E-state index contributed by atoms with van der Waals surface area (Å²) >= 11 is 0. The van der Waals surface area contributed by atoms with Gasteiger partial charge in [-0.1, -0.05) is 13.8 Å². The van der Waals surface area contributed by atoms with Crippen molar-refractivity contribution in [3.05, 3.63) is 0 Å². The molecule has 4 heteroatoms. The quantitative estimate of drug-likeness (QED) is 0.747. The predicted octanol–water partition coefficient (Wildman–Crippen LogP) is 1.48. The lowest BCUT2D eigenvalue weighted by atomic mass is 10.0. The Hall–Kier alpha value is -1.08. The molecule has 0 bridgehead atoms. The summed E-state index contributed by atoms with van der Waals surface area (Å²) in [5.74, 6) is 0.368. The van der Waals surface area contributed by atoms with Gasteiger partial charge in [-0.25, -0.2) is 0 Å². The number of piperazine rings is 1. The summed E-state index contributed by atoms with van der Waals surface area (Å²) in [6.45, 7) is 11.0. The van der Waals surface area contributed by atoms with Crippen molar-refractivity contribution in [1.29, 1.82) is 5.26 Å². The summed E-state index contributed by atoms with van der Waals surface area (Å²) in [7, 11) is 0. The van der Waals surface area contributed by atoms with Gasteiger partial charge >= 0.3 is 0 Å². The van der Waals surface area contributed by atoms with E-state index in [0.29, 0.717) is 0 Å². The van der Waals surface area contributed by atoms with Crippen molar-refractivity contribution in [1.82, 2.24) is 9.80 Å². The number of carbonyl (C=O) groups is 1. The smallest absolute Gasteiger partial charge is 0.225 e. The second kappa shape index (κ2) is 5.50. The van der Waals surface area contributed by atoms with Crippen LogP contribution >= 0.6 is 0 Å². The molecule has 17 heavy (non-hydrogen) atoms. The van der Waals surface area contributed by atoms with Crippen LogP contribution < -0.4 is 0 Å². The van der Waals surface area contributed by atoms with E-state index in [0.717, 1.165) is 32.6 Å². The van der Waals surface area contributed by atoms with E-state index in [1.807, 2.05) is 32.6 Å². The zero-order valence-corrected chi connectivity index (χ0v) is 11.4. The van der Waals surface area contributed by atoms with Crippen LogP contribution in [0.4, 0.5) is 0 Å². The van der Waals surface area contributed by atoms with E-state index in [-0.39, 0.29) is 11.8 Å². The highest BCUT2D eigenvalue weighted by Crippen LogP contribution is 2.17. The van der Waals surface area contributed by atoms with Crippen LogP contribution in [0.15, 0.2) is 0 Å². The molecule has 1 saturated heterocycles. The average molecular weight is 237 g/mol. The second-order valence-corrected chi connectivity index (χ2v) is 5.29. The highest BCUT2D eigenvalue weighted by atomic mass is 16.2. The molecule has 1 atom stereocenters. The van der Waals surface area contributed by atoms with Gasteiger partial charge in [-0.15, -0.1) is 0 Å². The van der Waals surface area contributed by atoms with E-state index >= 15 is 0 Å². The van der Waals surface area contributed by atoms with Gasteiger partial charge in [-0.2, -0.15) is 5.26 Å². The normalized spacial score (nSPS) is 19.8. The Morgan fingerprint density at radius 3 is 2.29 bits per heavy atom. The molecule has 4 nitrogen and oxygen atoms in total. The topological polar surface area (TPSA) is 47.3 Å². The Kier molecular flexibility index (Phi) is 4.53. The average Bonchev–Trinajstić information content (AvgIpc) is 2.37. The molecule has 0 aromatic heterocycles. The minimum absolute atomic E-state index is 0.116. The third-order valence-corrected chi connectivity index (χ3v) is 3.69. The Labute approximate surface area is 104 Å². The fourth-order valence-corrected chi connectivity index (χ4v) is 2.04. The molecule has 96 valence electrons. The minimum Gasteiger partial charge on any atom is -0.340 e. The van der Waals surface area contributed by atoms with Gasteiger partial charge in [0.1, 0.15) is 5.54 Å². The van der Waals surface area contributed by atoms with Crippen LogP contribution in [0.25, 0.3) is 0 Å². The minimum atomic E-state index is -0.425. The molecule has 1 rings (SSSR count). The number of hydrogen-bond donors (Lipinski definition) is 0. The van der Waals surface area contributed by atoms with Gasteiger partial charge in [-0.3, -0.25) is 9.69 Å². The van der Waals surface area contributed by atoms with Gasteiger partial charge in [0, 0.05) is 32.1 Å². The maximum absolute atomic E-state index is 12.0. The van der Waals surface area contributed by atoms with Gasteiger partial charge in [-0.05, 0) is 20.3 Å². The summed E-state index contributed by atoms with van der Waals surface area (Å²) in [5, 5.41) is 9.08. The first-order chi connectivity index (χ1) is 7.92. The lowest BCUT2D eigenvalue weighted by Crippen LogP contribution is -2.55. The first-order valence-electron chi connectivity index (χ1n) is 6.37. The van der Waals surface area contributed by atoms with Crippen LogP contribution in [-0.2, 0) is 4.79 Å². The maximum atomic E-state index is 12.0. The van der Waals surface area contributed by atoms with Crippen molar-refractivity contribution < 1.29 is 4.79 Å². The van der Waals surface area contributed by atoms with E-state index in [1.165, 1.54) is 0 Å². The zero-order valence-electron chi connectivity index (χ0n) is 11.4. The molecule has 0 aromatic rings. The van der Waals surface area contributed by atoms with Crippen LogP contribution in [0.1, 0.15) is 34.1 Å². The fourth-order valence-electron chi connectivity index (χ4n) is 2.04. The highest BCUT2D eigenvalue weighted by molar-refractivity contribution is 5.78. The van der Waals surface area contributed by atoms with Gasteiger partial charge in [0.15, 0.2) is 0 Å². The molecule has 1 aliphatic rings. The first kappa shape index (κ1) is 14.0. The van der Waals surface area contributed by atoms with E-state index in [9.17, 15) is 4.79 Å². The maximum Gasteiger partial charge on any atom is 0.225 e. The fraction of sp³-hybridized carbons (Fsp3) is 0.846. The SMILES string of the molecule is CCC(C)C(=O)N1CCN(C(C)(C)C#N)CC1. The van der Waals surface area contributed by atoms with Gasteiger partial charge in [0.2, 0.25) is 5.91 Å². The molecule has 1 aliphatic heterocycles. The van der Waals surface area contributed by atoms with Crippen LogP contribution in [0, 0.1) is 17.2 Å². The molecule has 1 fully saturated rings. The van der Waals surface area contributed by atoms with Crippen LogP contribution in [0.2, 0.25) is 0 Å². The van der Waals surface area contributed by atoms with Crippen molar-refractivity contribution in [2.45, 2.75) is 39.7 Å². The first-order valence-corrected chi connectivity index (χ1v) is 6.37. The monoisotopic (exact) mass is 237 g/mol. The molecule has 1 heterocycles. The molecule has 1 unspecified atom stereocenters. The molecule has 0 radical (unpaired) electrons. The number of carbonyl (C=O) groups excluding carboxylic acids is 1. The van der Waals surface area contributed by atoms with Gasteiger partial charge < -0.3 is 4.90 Å². The molecule has 0 aliphatic carbocycles. The molecule has 0 aromatic carbocycles. The number of nitriles is 1. The molecule has 0 N–H and O–H groups in total. The van der Waals surface area contributed by atoms with Gasteiger partial charge in [0.05, 0.1) is 6.07 Å². The third kappa shape index (κ3) is 3.19. The number of nitrogens with zero attached hydrogens (tertiary/aromatic N) is 3. The molecule has 0 saturated carbocycles. The number of hydrogen-bond acceptors (Lipinski definition) is 3. The Bertz CT molecular complexity index is 311. The number of amides is 1. The molecular formula is C13H23N3O. The molecule has 0 spiro atoms. The van der Waals surface area contributed by atoms with Crippen LogP contribution in [-0.4, -0.2) is 47.4 Å².